The first kappa shape index (κ1) is 19.4. The average Bonchev–Trinajstić information content (AvgIpc) is 2.75. The number of halogens is 1. The number of carbonyl (C=O) groups excluding carboxylic acids is 1. The van der Waals surface area contributed by atoms with Crippen LogP contribution in [0.3, 0.4) is 0 Å². The van der Waals surface area contributed by atoms with Crippen LogP contribution in [-0.2, 0) is 4.79 Å². The monoisotopic (exact) mass is 427 g/mol. The van der Waals surface area contributed by atoms with Gasteiger partial charge in [0.1, 0.15) is 0 Å². The highest BCUT2D eigenvalue weighted by atomic mass is 35.5. The highest BCUT2D eigenvalue weighted by Crippen LogP contribution is 2.48. The van der Waals surface area contributed by atoms with Crippen LogP contribution in [0, 0.1) is 0 Å². The summed E-state index contributed by atoms with van der Waals surface area (Å²) in [7, 11) is 0. The number of hydrogen-bond donors (Lipinski definition) is 0. The van der Waals surface area contributed by atoms with Crippen LogP contribution in [0.4, 0.5) is 11.4 Å². The maximum absolute atomic E-state index is 13.4. The summed E-state index contributed by atoms with van der Waals surface area (Å²) in [4.78, 5) is 22.6. The SMILES string of the molecule is O=C(CCN1CCN2CCCC[C@H]2C1)N1c2ccccc2Sc2ccc(Cl)cc21. The molecule has 6 heteroatoms. The minimum atomic E-state index is 0.146. The van der Waals surface area contributed by atoms with Gasteiger partial charge >= 0.3 is 0 Å². The molecular formula is C23H26ClN3OS. The van der Waals surface area contributed by atoms with Gasteiger partial charge in [-0.15, -0.1) is 0 Å². The molecule has 1 atom stereocenters. The van der Waals surface area contributed by atoms with Gasteiger partial charge in [0, 0.05) is 53.5 Å². The number of anilines is 2. The van der Waals surface area contributed by atoms with Gasteiger partial charge in [-0.25, -0.2) is 0 Å². The molecule has 0 N–H and O–H groups in total. The van der Waals surface area contributed by atoms with Crippen molar-refractivity contribution in [3.05, 3.63) is 47.5 Å². The number of fused-ring (bicyclic) bond motifs is 3. The van der Waals surface area contributed by atoms with Gasteiger partial charge in [0.05, 0.1) is 11.4 Å². The second-order valence-electron chi connectivity index (χ2n) is 8.15. The molecule has 0 unspecified atom stereocenters. The maximum atomic E-state index is 13.4. The molecule has 3 aliphatic rings. The van der Waals surface area contributed by atoms with Gasteiger partial charge in [0.2, 0.25) is 5.91 Å². The zero-order chi connectivity index (χ0) is 19.8. The molecular weight excluding hydrogens is 402 g/mol. The lowest BCUT2D eigenvalue weighted by atomic mass is 9.99. The fourth-order valence-electron chi connectivity index (χ4n) is 4.79. The first-order chi connectivity index (χ1) is 14.2. The molecule has 2 aromatic rings. The number of rotatable bonds is 3. The molecule has 0 bridgehead atoms. The van der Waals surface area contributed by atoms with E-state index in [9.17, 15) is 4.79 Å². The Morgan fingerprint density at radius 2 is 1.90 bits per heavy atom. The third kappa shape index (κ3) is 3.93. The van der Waals surface area contributed by atoms with Crippen LogP contribution in [0.25, 0.3) is 0 Å². The number of piperazine rings is 1. The van der Waals surface area contributed by atoms with Crippen molar-refractivity contribution < 1.29 is 4.79 Å². The van der Waals surface area contributed by atoms with E-state index in [1.54, 1.807) is 11.8 Å². The van der Waals surface area contributed by atoms with Crippen molar-refractivity contribution in [2.24, 2.45) is 0 Å². The van der Waals surface area contributed by atoms with Crippen LogP contribution in [0.5, 0.6) is 0 Å². The average molecular weight is 428 g/mol. The molecule has 0 radical (unpaired) electrons. The first-order valence-electron chi connectivity index (χ1n) is 10.5. The molecule has 29 heavy (non-hydrogen) atoms. The topological polar surface area (TPSA) is 26.8 Å². The van der Waals surface area contributed by atoms with Gasteiger partial charge in [0.15, 0.2) is 0 Å². The number of para-hydroxylation sites is 1. The van der Waals surface area contributed by atoms with Crippen molar-refractivity contribution in [2.45, 2.75) is 41.5 Å². The summed E-state index contributed by atoms with van der Waals surface area (Å²) in [5, 5.41) is 0.662. The predicted octanol–water partition coefficient (Wildman–Crippen LogP) is 5.03. The zero-order valence-corrected chi connectivity index (χ0v) is 18.1. The number of hydrogen-bond acceptors (Lipinski definition) is 4. The number of benzene rings is 2. The van der Waals surface area contributed by atoms with E-state index in [-0.39, 0.29) is 5.91 Å². The summed E-state index contributed by atoms with van der Waals surface area (Å²) in [5.41, 5.74) is 1.87. The molecule has 0 spiro atoms. The summed E-state index contributed by atoms with van der Waals surface area (Å²) in [6.45, 7) is 5.38. The summed E-state index contributed by atoms with van der Waals surface area (Å²) in [6.07, 6.45) is 4.50. The molecule has 0 aromatic heterocycles. The minimum Gasteiger partial charge on any atom is -0.300 e. The van der Waals surface area contributed by atoms with E-state index in [1.807, 2.05) is 41.3 Å². The van der Waals surface area contributed by atoms with Crippen molar-refractivity contribution in [2.75, 3.05) is 37.6 Å². The fraction of sp³-hybridized carbons (Fsp3) is 0.435. The van der Waals surface area contributed by atoms with Gasteiger partial charge in [-0.05, 0) is 49.7 Å². The molecule has 152 valence electrons. The lowest BCUT2D eigenvalue weighted by Crippen LogP contribution is -2.55. The molecule has 5 rings (SSSR count). The normalized spacial score (nSPS) is 22.0. The van der Waals surface area contributed by atoms with Crippen molar-refractivity contribution in [1.29, 1.82) is 0 Å². The Morgan fingerprint density at radius 1 is 1.03 bits per heavy atom. The zero-order valence-electron chi connectivity index (χ0n) is 16.5. The van der Waals surface area contributed by atoms with Crippen LogP contribution in [0.15, 0.2) is 52.3 Å². The number of carbonyl (C=O) groups is 1. The molecule has 2 aromatic carbocycles. The Labute approximate surface area is 181 Å². The second kappa shape index (κ2) is 8.31. The van der Waals surface area contributed by atoms with Crippen LogP contribution < -0.4 is 4.90 Å². The van der Waals surface area contributed by atoms with Gasteiger partial charge < -0.3 is 0 Å². The Balaban J connectivity index is 1.33. The Kier molecular flexibility index (Phi) is 5.57. The van der Waals surface area contributed by atoms with Gasteiger partial charge in [-0.3, -0.25) is 19.5 Å². The number of amides is 1. The van der Waals surface area contributed by atoms with E-state index >= 15 is 0 Å². The van der Waals surface area contributed by atoms with E-state index in [0.29, 0.717) is 17.5 Å². The lowest BCUT2D eigenvalue weighted by Gasteiger charge is -2.44. The molecule has 0 aliphatic carbocycles. The van der Waals surface area contributed by atoms with Crippen molar-refractivity contribution in [3.8, 4) is 0 Å². The Bertz CT molecular complexity index is 921. The lowest BCUT2D eigenvalue weighted by molar-refractivity contribution is -0.118. The summed E-state index contributed by atoms with van der Waals surface area (Å²) < 4.78 is 0. The summed E-state index contributed by atoms with van der Waals surface area (Å²) >= 11 is 7.98. The third-order valence-corrected chi connectivity index (χ3v) is 7.67. The number of piperidine rings is 1. The highest BCUT2D eigenvalue weighted by molar-refractivity contribution is 7.99. The summed E-state index contributed by atoms with van der Waals surface area (Å²) in [5.74, 6) is 0.146. The standard InChI is InChI=1S/C23H26ClN3OS/c24-17-8-9-22-20(15-17)27(19-6-1-2-7-21(19)29-22)23(28)10-12-25-13-14-26-11-4-3-5-18(26)16-25/h1-2,6-9,15,18H,3-5,10-14,16H2/t18-/m0/s1. The Hall–Kier alpha value is -1.53. The smallest absolute Gasteiger partial charge is 0.232 e. The van der Waals surface area contributed by atoms with E-state index in [4.69, 9.17) is 11.6 Å². The largest absolute Gasteiger partial charge is 0.300 e. The molecule has 2 fully saturated rings. The Morgan fingerprint density at radius 3 is 2.83 bits per heavy atom. The van der Waals surface area contributed by atoms with E-state index in [0.717, 1.165) is 47.3 Å². The van der Waals surface area contributed by atoms with E-state index in [1.165, 1.54) is 25.8 Å². The van der Waals surface area contributed by atoms with Crippen LogP contribution in [-0.4, -0.2) is 54.5 Å². The van der Waals surface area contributed by atoms with Crippen LogP contribution >= 0.6 is 23.4 Å². The van der Waals surface area contributed by atoms with Crippen molar-refractivity contribution >= 4 is 40.6 Å². The summed E-state index contributed by atoms with van der Waals surface area (Å²) in [6, 6.07) is 14.6. The van der Waals surface area contributed by atoms with Crippen molar-refractivity contribution in [3.63, 3.8) is 0 Å². The van der Waals surface area contributed by atoms with Crippen LogP contribution in [0.2, 0.25) is 5.02 Å². The third-order valence-electron chi connectivity index (χ3n) is 6.30. The van der Waals surface area contributed by atoms with Gasteiger partial charge in [-0.1, -0.05) is 41.9 Å². The van der Waals surface area contributed by atoms with Crippen LogP contribution in [0.1, 0.15) is 25.7 Å². The highest BCUT2D eigenvalue weighted by Gasteiger charge is 2.31. The number of nitrogens with zero attached hydrogens (tertiary/aromatic N) is 3. The predicted molar refractivity (Wildman–Crippen MR) is 119 cm³/mol. The molecule has 0 saturated carbocycles. The molecule has 2 saturated heterocycles. The minimum absolute atomic E-state index is 0.146. The molecule has 3 aliphatic heterocycles. The van der Waals surface area contributed by atoms with E-state index < -0.39 is 0 Å². The van der Waals surface area contributed by atoms with Gasteiger partial charge in [0.25, 0.3) is 0 Å². The molecule has 1 amide bonds. The fourth-order valence-corrected chi connectivity index (χ4v) is 5.99. The first-order valence-corrected chi connectivity index (χ1v) is 11.7. The van der Waals surface area contributed by atoms with Crippen molar-refractivity contribution in [1.82, 2.24) is 9.80 Å². The quantitative estimate of drug-likeness (QED) is 0.686. The maximum Gasteiger partial charge on any atom is 0.232 e. The van der Waals surface area contributed by atoms with Gasteiger partial charge in [-0.2, -0.15) is 0 Å². The molecule has 4 nitrogen and oxygen atoms in total. The van der Waals surface area contributed by atoms with E-state index in [2.05, 4.69) is 15.9 Å². The second-order valence-corrected chi connectivity index (χ2v) is 9.67. The molecule has 3 heterocycles.